The van der Waals surface area contributed by atoms with E-state index in [1.54, 1.807) is 0 Å². The maximum Gasteiger partial charge on any atom is 0.0541 e. The second-order valence-electron chi connectivity index (χ2n) is 27.0. The first kappa shape index (κ1) is 51.3. The maximum absolute atomic E-state index is 2.51. The van der Waals surface area contributed by atoms with Crippen LogP contribution in [0.1, 0.15) is 105 Å². The van der Waals surface area contributed by atoms with Crippen molar-refractivity contribution in [2.24, 2.45) is 0 Å². The Bertz CT molecular complexity index is 4610. The number of rotatable bonds is 5. The van der Waals surface area contributed by atoms with Gasteiger partial charge in [-0.2, -0.15) is 0 Å². The molecule has 0 saturated carbocycles. The SMILES string of the molecule is CC(C)(C)c1ccc2sc3c(-c4ccc5c(c4)c4cc(-c6cc(C(C)(C)C)cc7c6sc6ccc(C(C)(C)C)cc67)ccc4n5-c4ccc(-c5c6ccccc6c(-c6ccccc6)c6ccccc56)cc4)cc(C(C)(C)C)cc3c2c1. The quantitative estimate of drug-likeness (QED) is 0.151. The van der Waals surface area contributed by atoms with E-state index in [0.29, 0.717) is 0 Å². The Morgan fingerprint density at radius 2 is 0.630 bits per heavy atom. The van der Waals surface area contributed by atoms with Gasteiger partial charge < -0.3 is 4.57 Å². The summed E-state index contributed by atoms with van der Waals surface area (Å²) in [7, 11) is 0. The molecule has 3 heteroatoms. The zero-order valence-corrected chi connectivity index (χ0v) is 50.4. The Morgan fingerprint density at radius 3 is 1.02 bits per heavy atom. The molecule has 0 unspecified atom stereocenters. The van der Waals surface area contributed by atoms with E-state index >= 15 is 0 Å². The van der Waals surface area contributed by atoms with E-state index in [1.165, 1.54) is 150 Å². The summed E-state index contributed by atoms with van der Waals surface area (Å²) in [5, 5.41) is 13.0. The van der Waals surface area contributed by atoms with E-state index < -0.39 is 0 Å². The van der Waals surface area contributed by atoms with Crippen LogP contribution in [0, 0.1) is 0 Å². The molecule has 0 fully saturated rings. The fraction of sp³-hybridized carbons (Fsp3) is 0.205. The molecule has 398 valence electrons. The molecule has 0 spiro atoms. The van der Waals surface area contributed by atoms with Crippen molar-refractivity contribution in [2.45, 2.75) is 105 Å². The highest BCUT2D eigenvalue weighted by Gasteiger charge is 2.26. The van der Waals surface area contributed by atoms with Crippen LogP contribution in [-0.2, 0) is 21.7 Å². The van der Waals surface area contributed by atoms with Gasteiger partial charge in [0.15, 0.2) is 0 Å². The smallest absolute Gasteiger partial charge is 0.0541 e. The molecule has 1 nitrogen and oxygen atoms in total. The number of thiophene rings is 2. The molecule has 3 aromatic heterocycles. The molecule has 3 heterocycles. The van der Waals surface area contributed by atoms with Crippen LogP contribution in [0.4, 0.5) is 0 Å². The Labute approximate surface area is 485 Å². The van der Waals surface area contributed by atoms with Gasteiger partial charge in [0.05, 0.1) is 11.0 Å². The first-order chi connectivity index (χ1) is 38.7. The molecule has 14 rings (SSSR count). The van der Waals surface area contributed by atoms with Crippen molar-refractivity contribution in [3.8, 4) is 50.2 Å². The highest BCUT2D eigenvalue weighted by molar-refractivity contribution is 7.26. The molecule has 0 saturated heterocycles. The summed E-state index contributed by atoms with van der Waals surface area (Å²) in [4.78, 5) is 0. The van der Waals surface area contributed by atoms with Crippen LogP contribution in [0.25, 0.3) is 134 Å². The molecule has 14 aromatic rings. The predicted molar refractivity (Wildman–Crippen MR) is 358 cm³/mol. The van der Waals surface area contributed by atoms with Gasteiger partial charge in [-0.1, -0.05) is 198 Å². The van der Waals surface area contributed by atoms with Crippen LogP contribution in [0.3, 0.4) is 0 Å². The molecule has 11 aromatic carbocycles. The minimum Gasteiger partial charge on any atom is -0.309 e. The van der Waals surface area contributed by atoms with E-state index in [2.05, 4.69) is 288 Å². The van der Waals surface area contributed by atoms with E-state index in [-0.39, 0.29) is 21.7 Å². The largest absolute Gasteiger partial charge is 0.309 e. The molecule has 0 amide bonds. The van der Waals surface area contributed by atoms with Gasteiger partial charge in [-0.15, -0.1) is 22.7 Å². The van der Waals surface area contributed by atoms with Gasteiger partial charge in [0.2, 0.25) is 0 Å². The Hall–Kier alpha value is -7.82. The molecule has 81 heavy (non-hydrogen) atoms. The third kappa shape index (κ3) is 8.53. The topological polar surface area (TPSA) is 4.93 Å². The van der Waals surface area contributed by atoms with E-state index in [9.17, 15) is 0 Å². The van der Waals surface area contributed by atoms with Crippen LogP contribution < -0.4 is 0 Å². The van der Waals surface area contributed by atoms with Gasteiger partial charge in [0, 0.05) is 56.8 Å². The highest BCUT2D eigenvalue weighted by Crippen LogP contribution is 2.49. The first-order valence-corrected chi connectivity index (χ1v) is 30.5. The molecule has 0 aliphatic carbocycles. The highest BCUT2D eigenvalue weighted by atomic mass is 32.1. The Balaban J connectivity index is 1.01. The van der Waals surface area contributed by atoms with Gasteiger partial charge in [-0.05, 0) is 195 Å². The summed E-state index contributed by atoms with van der Waals surface area (Å²) in [5.74, 6) is 0. The van der Waals surface area contributed by atoms with E-state index in [0.717, 1.165) is 5.69 Å². The number of aromatic nitrogens is 1. The van der Waals surface area contributed by atoms with Crippen molar-refractivity contribution in [1.29, 1.82) is 0 Å². The summed E-state index contributed by atoms with van der Waals surface area (Å²) in [6.45, 7) is 28.1. The minimum absolute atomic E-state index is 0.0453. The van der Waals surface area contributed by atoms with Crippen LogP contribution in [0.15, 0.2) is 200 Å². The zero-order valence-electron chi connectivity index (χ0n) is 48.8. The third-order valence-corrected chi connectivity index (χ3v) is 19.8. The van der Waals surface area contributed by atoms with E-state index in [1.807, 2.05) is 22.7 Å². The monoisotopic (exact) mass is 1080 g/mol. The summed E-state index contributed by atoms with van der Waals surface area (Å²) in [5.41, 5.74) is 19.1. The van der Waals surface area contributed by atoms with Crippen molar-refractivity contribution in [2.75, 3.05) is 0 Å². The molecule has 0 bridgehead atoms. The normalized spacial score (nSPS) is 12.9. The Morgan fingerprint density at radius 1 is 0.272 bits per heavy atom. The van der Waals surface area contributed by atoms with Crippen molar-refractivity contribution in [1.82, 2.24) is 4.57 Å². The van der Waals surface area contributed by atoms with Gasteiger partial charge in [-0.3, -0.25) is 0 Å². The Kier molecular flexibility index (Phi) is 11.6. The number of hydrogen-bond donors (Lipinski definition) is 0. The van der Waals surface area contributed by atoms with Crippen molar-refractivity contribution < 1.29 is 0 Å². The molecule has 0 atom stereocenters. The number of nitrogens with zero attached hydrogens (tertiary/aromatic N) is 1. The molecular weight excluding hydrogens is 1010 g/mol. The summed E-state index contributed by atoms with van der Waals surface area (Å²) >= 11 is 3.87. The fourth-order valence-corrected chi connectivity index (χ4v) is 15.2. The lowest BCUT2D eigenvalue weighted by Crippen LogP contribution is -2.11. The molecule has 0 aliphatic rings. The van der Waals surface area contributed by atoms with Gasteiger partial charge >= 0.3 is 0 Å². The number of fused-ring (bicyclic) bond motifs is 11. The van der Waals surface area contributed by atoms with Crippen LogP contribution in [0.2, 0.25) is 0 Å². The molecule has 0 aliphatic heterocycles. The second-order valence-corrected chi connectivity index (χ2v) is 29.1. The first-order valence-electron chi connectivity index (χ1n) is 28.9. The van der Waals surface area contributed by atoms with Gasteiger partial charge in [-0.25, -0.2) is 0 Å². The number of benzene rings is 11. The van der Waals surface area contributed by atoms with Gasteiger partial charge in [0.1, 0.15) is 0 Å². The summed E-state index contributed by atoms with van der Waals surface area (Å²) in [6, 6.07) is 77.1. The van der Waals surface area contributed by atoms with E-state index in [4.69, 9.17) is 0 Å². The van der Waals surface area contributed by atoms with Crippen LogP contribution in [0.5, 0.6) is 0 Å². The molecule has 0 N–H and O–H groups in total. The van der Waals surface area contributed by atoms with Crippen LogP contribution >= 0.6 is 22.7 Å². The average molecular weight is 1080 g/mol. The van der Waals surface area contributed by atoms with Crippen molar-refractivity contribution in [3.05, 3.63) is 222 Å². The molecule has 0 radical (unpaired) electrons. The summed E-state index contributed by atoms with van der Waals surface area (Å²) < 4.78 is 7.88. The fourth-order valence-electron chi connectivity index (χ4n) is 12.8. The standard InChI is InChI=1S/C78H69NS2/c1-75(2,3)50-30-36-69-63(40-50)65-44-52(77(7,8)9)42-59(73(65)80-69)48-28-34-67-61(38-48)62-39-49(60-43-53(78(10,11)12)45-66-64-41-51(76(4,5)6)31-37-70(64)81-74(60)66)29-35-68(62)79(67)54-32-26-47(27-33-54)72-57-24-18-16-22-55(57)71(46-20-14-13-15-21-46)56-23-17-19-25-58(56)72/h13-45H,1-12H3. The van der Waals surface area contributed by atoms with Crippen molar-refractivity contribution in [3.63, 3.8) is 0 Å². The van der Waals surface area contributed by atoms with Gasteiger partial charge in [0.25, 0.3) is 0 Å². The lowest BCUT2D eigenvalue weighted by atomic mass is 9.83. The second kappa shape index (κ2) is 18.3. The summed E-state index contributed by atoms with van der Waals surface area (Å²) in [6.07, 6.45) is 0. The third-order valence-electron chi connectivity index (χ3n) is 17.4. The number of hydrogen-bond acceptors (Lipinski definition) is 2. The van der Waals surface area contributed by atoms with Crippen LogP contribution in [-0.4, -0.2) is 4.57 Å². The molecular formula is C78H69NS2. The lowest BCUT2D eigenvalue weighted by Gasteiger charge is -2.21. The maximum atomic E-state index is 2.51. The minimum atomic E-state index is -0.0453. The van der Waals surface area contributed by atoms with Crippen molar-refractivity contribution >= 4 is 106 Å². The lowest BCUT2D eigenvalue weighted by molar-refractivity contribution is 0.590. The average Bonchev–Trinajstić information content (AvgIpc) is 3.56. The zero-order chi connectivity index (χ0) is 56.1. The predicted octanol–water partition coefficient (Wildman–Crippen LogP) is 23.7.